The molecule has 0 bridgehead atoms. The topological polar surface area (TPSA) is 47.6 Å². The number of anilines is 2. The second-order valence-electron chi connectivity index (χ2n) is 8.54. The van der Waals surface area contributed by atoms with Gasteiger partial charge in [0.15, 0.2) is 5.11 Å². The molecule has 164 valence electrons. The predicted octanol–water partition coefficient (Wildman–Crippen LogP) is 4.44. The van der Waals surface area contributed by atoms with Crippen LogP contribution in [0.15, 0.2) is 48.5 Å². The number of thiocarbonyl (C=S) groups is 1. The number of nitrogens with one attached hydrogen (secondary N) is 2. The van der Waals surface area contributed by atoms with Gasteiger partial charge in [-0.25, -0.2) is 0 Å². The number of likely N-dealkylation sites (tertiary alicyclic amines) is 1. The number of para-hydroxylation sites is 1. The summed E-state index contributed by atoms with van der Waals surface area (Å²) in [6.07, 6.45) is 5.58. The lowest BCUT2D eigenvalue weighted by Crippen LogP contribution is -2.35. The molecule has 2 aromatic carbocycles. The molecule has 1 fully saturated rings. The summed E-state index contributed by atoms with van der Waals surface area (Å²) in [5.74, 6) is 0.129. The Balaban J connectivity index is 1.20. The summed E-state index contributed by atoms with van der Waals surface area (Å²) >= 11 is 5.45. The maximum atomic E-state index is 12.6. The van der Waals surface area contributed by atoms with Gasteiger partial charge in [0, 0.05) is 49.2 Å². The smallest absolute Gasteiger partial charge is 0.253 e. The van der Waals surface area contributed by atoms with Gasteiger partial charge in [0.2, 0.25) is 0 Å². The number of carbonyl (C=O) groups excluding carboxylic acids is 1. The number of hydrogen-bond donors (Lipinski definition) is 2. The van der Waals surface area contributed by atoms with Crippen molar-refractivity contribution in [3.8, 4) is 0 Å². The van der Waals surface area contributed by atoms with Crippen LogP contribution in [-0.4, -0.2) is 48.1 Å². The zero-order valence-electron chi connectivity index (χ0n) is 18.3. The Kier molecular flexibility index (Phi) is 7.07. The van der Waals surface area contributed by atoms with Crippen LogP contribution in [0, 0.1) is 0 Å². The van der Waals surface area contributed by atoms with Crippen molar-refractivity contribution in [3.05, 3.63) is 59.7 Å². The van der Waals surface area contributed by atoms with Crippen LogP contribution < -0.4 is 15.5 Å². The fourth-order valence-corrected chi connectivity index (χ4v) is 4.79. The van der Waals surface area contributed by atoms with Crippen LogP contribution in [0.3, 0.4) is 0 Å². The second-order valence-corrected chi connectivity index (χ2v) is 8.95. The van der Waals surface area contributed by atoms with E-state index in [0.717, 1.165) is 63.1 Å². The Hall–Kier alpha value is -2.60. The highest BCUT2D eigenvalue weighted by Crippen LogP contribution is 2.31. The second kappa shape index (κ2) is 10.1. The van der Waals surface area contributed by atoms with Gasteiger partial charge in [-0.1, -0.05) is 18.2 Å². The van der Waals surface area contributed by atoms with Crippen LogP contribution in [0.25, 0.3) is 0 Å². The minimum atomic E-state index is 0.129. The number of hydrogen-bond acceptors (Lipinski definition) is 3. The van der Waals surface area contributed by atoms with Crippen LogP contribution in [0.4, 0.5) is 11.4 Å². The normalized spacial score (nSPS) is 17.9. The SMILES string of the molecule is CC1Cc2ccccc2N1CCCNC(=S)Nc1ccc(C(=O)N2CCCCC2)cc1. The molecule has 0 spiro atoms. The minimum absolute atomic E-state index is 0.129. The van der Waals surface area contributed by atoms with Gasteiger partial charge in [0.25, 0.3) is 5.91 Å². The van der Waals surface area contributed by atoms with Crippen molar-refractivity contribution < 1.29 is 4.79 Å². The summed E-state index contributed by atoms with van der Waals surface area (Å²) in [4.78, 5) is 17.0. The number of amides is 1. The molecule has 0 aliphatic carbocycles. The van der Waals surface area contributed by atoms with Gasteiger partial charge in [0.05, 0.1) is 0 Å². The predicted molar refractivity (Wildman–Crippen MR) is 132 cm³/mol. The van der Waals surface area contributed by atoms with Gasteiger partial charge < -0.3 is 20.4 Å². The number of fused-ring (bicyclic) bond motifs is 1. The standard InChI is InChI=1S/C25H32N4OS/c1-19-18-21-8-3-4-9-23(21)29(19)17-7-14-26-25(31)27-22-12-10-20(11-13-22)24(30)28-15-5-2-6-16-28/h3-4,8-13,19H,2,5-7,14-18H2,1H3,(H2,26,27,31). The van der Waals surface area contributed by atoms with E-state index < -0.39 is 0 Å². The Morgan fingerprint density at radius 2 is 1.81 bits per heavy atom. The zero-order valence-corrected chi connectivity index (χ0v) is 19.1. The van der Waals surface area contributed by atoms with Crippen molar-refractivity contribution in [2.75, 3.05) is 36.4 Å². The zero-order chi connectivity index (χ0) is 21.6. The Bertz CT molecular complexity index is 908. The molecular formula is C25H32N4OS. The summed E-state index contributed by atoms with van der Waals surface area (Å²) < 4.78 is 0. The van der Waals surface area contributed by atoms with E-state index >= 15 is 0 Å². The van der Waals surface area contributed by atoms with Crippen molar-refractivity contribution in [2.45, 2.75) is 45.1 Å². The molecule has 1 amide bonds. The van der Waals surface area contributed by atoms with Crippen LogP contribution in [0.5, 0.6) is 0 Å². The van der Waals surface area contributed by atoms with Gasteiger partial charge in [-0.3, -0.25) is 4.79 Å². The highest BCUT2D eigenvalue weighted by atomic mass is 32.1. The lowest BCUT2D eigenvalue weighted by molar-refractivity contribution is 0.0724. The average Bonchev–Trinajstić information content (AvgIpc) is 3.12. The van der Waals surface area contributed by atoms with Crippen LogP contribution in [-0.2, 0) is 6.42 Å². The molecular weight excluding hydrogens is 404 g/mol. The first-order valence-electron chi connectivity index (χ1n) is 11.4. The number of rotatable bonds is 6. The third kappa shape index (κ3) is 5.37. The summed E-state index contributed by atoms with van der Waals surface area (Å²) in [7, 11) is 0. The molecule has 0 radical (unpaired) electrons. The van der Waals surface area contributed by atoms with E-state index in [9.17, 15) is 4.79 Å². The highest BCUT2D eigenvalue weighted by molar-refractivity contribution is 7.80. The number of piperidine rings is 1. The molecule has 5 nitrogen and oxygen atoms in total. The van der Waals surface area contributed by atoms with Crippen molar-refractivity contribution in [3.63, 3.8) is 0 Å². The fourth-order valence-electron chi connectivity index (χ4n) is 4.57. The molecule has 31 heavy (non-hydrogen) atoms. The van der Waals surface area contributed by atoms with Crippen LogP contribution in [0.1, 0.15) is 48.5 Å². The van der Waals surface area contributed by atoms with E-state index in [2.05, 4.69) is 46.7 Å². The van der Waals surface area contributed by atoms with Crippen molar-refractivity contribution in [2.24, 2.45) is 0 Å². The summed E-state index contributed by atoms with van der Waals surface area (Å²) in [6, 6.07) is 16.9. The molecule has 1 saturated heterocycles. The molecule has 2 aliphatic heterocycles. The average molecular weight is 437 g/mol. The minimum Gasteiger partial charge on any atom is -0.368 e. The molecule has 2 heterocycles. The lowest BCUT2D eigenvalue weighted by atomic mass is 10.1. The number of carbonyl (C=O) groups is 1. The third-order valence-corrected chi connectivity index (χ3v) is 6.49. The quantitative estimate of drug-likeness (QED) is 0.518. The first-order valence-corrected chi connectivity index (χ1v) is 11.8. The van der Waals surface area contributed by atoms with Gasteiger partial charge >= 0.3 is 0 Å². The molecule has 0 aromatic heterocycles. The number of nitrogens with zero attached hydrogens (tertiary/aromatic N) is 2. The molecule has 2 aliphatic rings. The molecule has 6 heteroatoms. The van der Waals surface area contributed by atoms with Crippen molar-refractivity contribution in [1.82, 2.24) is 10.2 Å². The molecule has 2 N–H and O–H groups in total. The first-order chi connectivity index (χ1) is 15.1. The third-order valence-electron chi connectivity index (χ3n) is 6.24. The first kappa shape index (κ1) is 21.6. The Morgan fingerprint density at radius 3 is 2.58 bits per heavy atom. The Morgan fingerprint density at radius 1 is 1.06 bits per heavy atom. The maximum Gasteiger partial charge on any atom is 0.253 e. The van der Waals surface area contributed by atoms with Crippen LogP contribution in [0.2, 0.25) is 0 Å². The van der Waals surface area contributed by atoms with Crippen LogP contribution >= 0.6 is 12.2 Å². The van der Waals surface area contributed by atoms with E-state index in [0.29, 0.717) is 11.2 Å². The fraction of sp³-hybridized carbons (Fsp3) is 0.440. The lowest BCUT2D eigenvalue weighted by Gasteiger charge is -2.26. The van der Waals surface area contributed by atoms with E-state index in [-0.39, 0.29) is 5.91 Å². The van der Waals surface area contributed by atoms with Gasteiger partial charge in [-0.05, 0) is 87.1 Å². The van der Waals surface area contributed by atoms with Gasteiger partial charge in [-0.15, -0.1) is 0 Å². The molecule has 0 saturated carbocycles. The molecule has 1 unspecified atom stereocenters. The van der Waals surface area contributed by atoms with E-state index in [1.807, 2.05) is 29.2 Å². The monoisotopic (exact) mass is 436 g/mol. The van der Waals surface area contributed by atoms with Gasteiger partial charge in [-0.2, -0.15) is 0 Å². The molecule has 1 atom stereocenters. The summed E-state index contributed by atoms with van der Waals surface area (Å²) in [5, 5.41) is 7.14. The largest absolute Gasteiger partial charge is 0.368 e. The van der Waals surface area contributed by atoms with E-state index in [1.54, 1.807) is 0 Å². The maximum absolute atomic E-state index is 12.6. The molecule has 4 rings (SSSR count). The molecule has 2 aromatic rings. The van der Waals surface area contributed by atoms with Crippen molar-refractivity contribution >= 4 is 34.6 Å². The summed E-state index contributed by atoms with van der Waals surface area (Å²) in [6.45, 7) is 5.87. The van der Waals surface area contributed by atoms with Gasteiger partial charge in [0.1, 0.15) is 0 Å². The summed E-state index contributed by atoms with van der Waals surface area (Å²) in [5.41, 5.74) is 4.46. The Labute approximate surface area is 190 Å². The van der Waals surface area contributed by atoms with Crippen molar-refractivity contribution in [1.29, 1.82) is 0 Å². The van der Waals surface area contributed by atoms with E-state index in [4.69, 9.17) is 12.2 Å². The van der Waals surface area contributed by atoms with E-state index in [1.165, 1.54) is 17.7 Å². The number of benzene rings is 2. The highest BCUT2D eigenvalue weighted by Gasteiger charge is 2.24.